The van der Waals surface area contributed by atoms with Crippen LogP contribution in [-0.2, 0) is 14.2 Å². The van der Waals surface area contributed by atoms with E-state index in [2.05, 4.69) is 0 Å². The zero-order valence-corrected chi connectivity index (χ0v) is 5.64. The summed E-state index contributed by atoms with van der Waals surface area (Å²) in [5.74, 6) is -0.656. The average Bonchev–Trinajstić information content (AvgIpc) is 2.55. The summed E-state index contributed by atoms with van der Waals surface area (Å²) in [4.78, 5) is 0. The molecule has 0 aromatic heterocycles. The molecule has 0 N–H and O–H groups in total. The summed E-state index contributed by atoms with van der Waals surface area (Å²) in [6.45, 7) is 5.23. The first-order valence-electron chi connectivity index (χ1n) is 3.10. The van der Waals surface area contributed by atoms with Crippen molar-refractivity contribution in [3.8, 4) is 0 Å². The van der Waals surface area contributed by atoms with Gasteiger partial charge in [-0.1, -0.05) is 0 Å². The second-order valence-electron chi connectivity index (χ2n) is 2.95. The molecule has 0 amide bonds. The number of ether oxygens (including phenoxy) is 3. The lowest BCUT2D eigenvalue weighted by molar-refractivity contribution is -0.129. The average molecular weight is 130 g/mol. The van der Waals surface area contributed by atoms with Crippen molar-refractivity contribution in [2.45, 2.75) is 25.4 Å². The lowest BCUT2D eigenvalue weighted by atomic mass is 10.4. The molecule has 0 aromatic carbocycles. The van der Waals surface area contributed by atoms with Gasteiger partial charge in [0.05, 0.1) is 0 Å². The molecule has 2 heterocycles. The molecule has 0 aromatic rings. The van der Waals surface area contributed by atoms with Crippen molar-refractivity contribution in [1.82, 2.24) is 0 Å². The fourth-order valence-electron chi connectivity index (χ4n) is 0.778. The summed E-state index contributed by atoms with van der Waals surface area (Å²) in [6, 6.07) is 0. The van der Waals surface area contributed by atoms with Crippen LogP contribution in [0.5, 0.6) is 0 Å². The minimum atomic E-state index is -0.328. The molecule has 2 aliphatic heterocycles. The van der Waals surface area contributed by atoms with Crippen LogP contribution < -0.4 is 0 Å². The lowest BCUT2D eigenvalue weighted by Gasteiger charge is -2.09. The van der Waals surface area contributed by atoms with Gasteiger partial charge in [-0.05, 0) is 13.8 Å². The molecule has 2 saturated heterocycles. The standard InChI is InChI=1S/C6H10O3/c1-5(3-7-5)9-6(2)4-8-6/h3-4H2,1-2H3. The lowest BCUT2D eigenvalue weighted by Crippen LogP contribution is -2.21. The van der Waals surface area contributed by atoms with Crippen LogP contribution in [0.15, 0.2) is 0 Å². The summed E-state index contributed by atoms with van der Waals surface area (Å²) in [7, 11) is 0. The maximum Gasteiger partial charge on any atom is 0.192 e. The zero-order chi connectivity index (χ0) is 6.54. The van der Waals surface area contributed by atoms with E-state index < -0.39 is 0 Å². The minimum absolute atomic E-state index is 0.328. The Balaban J connectivity index is 1.90. The van der Waals surface area contributed by atoms with Crippen molar-refractivity contribution in [2.24, 2.45) is 0 Å². The van der Waals surface area contributed by atoms with Gasteiger partial charge in [0.25, 0.3) is 0 Å². The first kappa shape index (κ1) is 5.65. The Morgan fingerprint density at radius 2 is 1.44 bits per heavy atom. The molecule has 52 valence electrons. The van der Waals surface area contributed by atoms with E-state index in [1.54, 1.807) is 0 Å². The Hall–Kier alpha value is -0.120. The van der Waals surface area contributed by atoms with E-state index in [1.807, 2.05) is 13.8 Å². The topological polar surface area (TPSA) is 34.3 Å². The Bertz CT molecular complexity index is 119. The second-order valence-corrected chi connectivity index (χ2v) is 2.95. The third-order valence-corrected chi connectivity index (χ3v) is 1.53. The third kappa shape index (κ3) is 1.08. The van der Waals surface area contributed by atoms with Gasteiger partial charge in [0.1, 0.15) is 13.2 Å². The van der Waals surface area contributed by atoms with E-state index >= 15 is 0 Å². The van der Waals surface area contributed by atoms with Crippen LogP contribution in [0.4, 0.5) is 0 Å². The van der Waals surface area contributed by atoms with Gasteiger partial charge in [-0.2, -0.15) is 0 Å². The van der Waals surface area contributed by atoms with Crippen molar-refractivity contribution < 1.29 is 14.2 Å². The molecule has 0 bridgehead atoms. The predicted octanol–water partition coefficient (Wildman–Crippen LogP) is 0.496. The van der Waals surface area contributed by atoms with E-state index in [4.69, 9.17) is 14.2 Å². The van der Waals surface area contributed by atoms with Crippen LogP contribution in [0.1, 0.15) is 13.8 Å². The fraction of sp³-hybridized carbons (Fsp3) is 1.00. The molecule has 0 radical (unpaired) electrons. The molecule has 0 spiro atoms. The quantitative estimate of drug-likeness (QED) is 0.510. The van der Waals surface area contributed by atoms with Crippen LogP contribution >= 0.6 is 0 Å². The summed E-state index contributed by atoms with van der Waals surface area (Å²) < 4.78 is 15.4. The van der Waals surface area contributed by atoms with Gasteiger partial charge >= 0.3 is 0 Å². The number of epoxide rings is 2. The molecule has 2 unspecified atom stereocenters. The van der Waals surface area contributed by atoms with E-state index in [9.17, 15) is 0 Å². The first-order chi connectivity index (χ1) is 4.12. The van der Waals surface area contributed by atoms with Crippen molar-refractivity contribution in [3.63, 3.8) is 0 Å². The normalized spacial score (nSPS) is 55.3. The number of hydrogen-bond acceptors (Lipinski definition) is 3. The highest BCUT2D eigenvalue weighted by Gasteiger charge is 2.53. The summed E-state index contributed by atoms with van der Waals surface area (Å²) >= 11 is 0. The van der Waals surface area contributed by atoms with E-state index in [0.717, 1.165) is 0 Å². The Labute approximate surface area is 53.9 Å². The Kier molecular flexibility index (Phi) is 0.822. The molecule has 9 heavy (non-hydrogen) atoms. The van der Waals surface area contributed by atoms with Gasteiger partial charge in [-0.25, -0.2) is 0 Å². The SMILES string of the molecule is CC1(OC2(C)CO2)CO1. The maximum absolute atomic E-state index is 5.40. The Morgan fingerprint density at radius 3 is 1.67 bits per heavy atom. The molecule has 2 aliphatic rings. The van der Waals surface area contributed by atoms with Crippen LogP contribution in [0, 0.1) is 0 Å². The Morgan fingerprint density at radius 1 is 1.11 bits per heavy atom. The highest BCUT2D eigenvalue weighted by molar-refractivity contribution is 4.84. The van der Waals surface area contributed by atoms with Gasteiger partial charge in [-0.15, -0.1) is 0 Å². The van der Waals surface area contributed by atoms with Gasteiger partial charge in [0, 0.05) is 0 Å². The third-order valence-electron chi connectivity index (χ3n) is 1.53. The van der Waals surface area contributed by atoms with Gasteiger partial charge < -0.3 is 14.2 Å². The molecular weight excluding hydrogens is 120 g/mol. The second kappa shape index (κ2) is 1.31. The van der Waals surface area contributed by atoms with Crippen LogP contribution in [-0.4, -0.2) is 24.8 Å². The largest absolute Gasteiger partial charge is 0.342 e. The van der Waals surface area contributed by atoms with Crippen LogP contribution in [0.3, 0.4) is 0 Å². The van der Waals surface area contributed by atoms with Crippen LogP contribution in [0.2, 0.25) is 0 Å². The molecular formula is C6H10O3. The molecule has 3 nitrogen and oxygen atoms in total. The minimum Gasteiger partial charge on any atom is -0.342 e. The summed E-state index contributed by atoms with van der Waals surface area (Å²) in [5.41, 5.74) is 0. The monoisotopic (exact) mass is 130 g/mol. The van der Waals surface area contributed by atoms with Gasteiger partial charge in [0.2, 0.25) is 0 Å². The van der Waals surface area contributed by atoms with E-state index in [1.165, 1.54) is 0 Å². The van der Waals surface area contributed by atoms with E-state index in [-0.39, 0.29) is 11.6 Å². The molecule has 2 fully saturated rings. The highest BCUT2D eigenvalue weighted by Crippen LogP contribution is 2.38. The maximum atomic E-state index is 5.40. The summed E-state index contributed by atoms with van der Waals surface area (Å²) in [6.07, 6.45) is 0. The van der Waals surface area contributed by atoms with Crippen LogP contribution in [0.25, 0.3) is 0 Å². The highest BCUT2D eigenvalue weighted by atomic mass is 16.9. The first-order valence-corrected chi connectivity index (χ1v) is 3.10. The predicted molar refractivity (Wildman–Crippen MR) is 29.8 cm³/mol. The van der Waals surface area contributed by atoms with Crippen molar-refractivity contribution in [3.05, 3.63) is 0 Å². The van der Waals surface area contributed by atoms with Crippen molar-refractivity contribution in [1.29, 1.82) is 0 Å². The molecule has 0 saturated carbocycles. The molecule has 2 atom stereocenters. The van der Waals surface area contributed by atoms with Gasteiger partial charge in [0.15, 0.2) is 11.6 Å². The fourth-order valence-corrected chi connectivity index (χ4v) is 0.778. The smallest absolute Gasteiger partial charge is 0.192 e. The van der Waals surface area contributed by atoms with E-state index in [0.29, 0.717) is 13.2 Å². The molecule has 2 rings (SSSR count). The van der Waals surface area contributed by atoms with Crippen molar-refractivity contribution >= 4 is 0 Å². The summed E-state index contributed by atoms with van der Waals surface area (Å²) in [5, 5.41) is 0. The molecule has 0 aliphatic carbocycles. The number of hydrogen-bond donors (Lipinski definition) is 0. The molecule has 3 heteroatoms. The number of rotatable bonds is 2. The van der Waals surface area contributed by atoms with Crippen molar-refractivity contribution in [2.75, 3.05) is 13.2 Å². The zero-order valence-electron chi connectivity index (χ0n) is 5.64. The van der Waals surface area contributed by atoms with Gasteiger partial charge in [-0.3, -0.25) is 0 Å².